The lowest BCUT2D eigenvalue weighted by Crippen LogP contribution is -2.12. The minimum absolute atomic E-state index is 0.0241. The summed E-state index contributed by atoms with van der Waals surface area (Å²) in [5, 5.41) is 21.2. The molecule has 21 heavy (non-hydrogen) atoms. The fourth-order valence-corrected chi connectivity index (χ4v) is 1.81. The van der Waals surface area contributed by atoms with Crippen LogP contribution in [0.1, 0.15) is 16.1 Å². The van der Waals surface area contributed by atoms with E-state index >= 15 is 0 Å². The van der Waals surface area contributed by atoms with Crippen LogP contribution in [0.5, 0.6) is 0 Å². The maximum atomic E-state index is 11.1. The monoisotopic (exact) mass is 282 g/mol. The summed E-state index contributed by atoms with van der Waals surface area (Å²) in [4.78, 5) is 20.1. The quantitative estimate of drug-likeness (QED) is 0.756. The predicted molar refractivity (Wildman–Crippen MR) is 71.3 cm³/mol. The van der Waals surface area contributed by atoms with Crippen molar-refractivity contribution >= 4 is 5.97 Å². The van der Waals surface area contributed by atoms with Crippen molar-refractivity contribution in [1.29, 1.82) is 0 Å². The van der Waals surface area contributed by atoms with Crippen molar-refractivity contribution in [2.75, 3.05) is 0 Å². The molecule has 0 aliphatic heterocycles. The van der Waals surface area contributed by atoms with Crippen molar-refractivity contribution in [2.24, 2.45) is 0 Å². The molecule has 0 aliphatic carbocycles. The van der Waals surface area contributed by atoms with E-state index in [-0.39, 0.29) is 12.1 Å². The molecule has 0 atom stereocenters. The van der Waals surface area contributed by atoms with Gasteiger partial charge in [0.2, 0.25) is 5.82 Å². The molecule has 0 saturated carbocycles. The van der Waals surface area contributed by atoms with Gasteiger partial charge in [0.25, 0.3) is 0 Å². The molecule has 8 heteroatoms. The molecule has 2 aromatic heterocycles. The van der Waals surface area contributed by atoms with Crippen LogP contribution in [0, 0.1) is 0 Å². The van der Waals surface area contributed by atoms with Crippen LogP contribution in [-0.2, 0) is 6.54 Å². The maximum Gasteiger partial charge on any atom is 0.339 e. The predicted octanol–water partition coefficient (Wildman–Crippen LogP) is 0.877. The molecule has 0 bridgehead atoms. The number of hydrogen-bond acceptors (Lipinski definition) is 6. The molecular formula is C13H10N6O2. The topological polar surface area (TPSA) is 107 Å². The molecule has 1 aromatic carbocycles. The minimum atomic E-state index is -1.09. The zero-order chi connectivity index (χ0) is 14.7. The summed E-state index contributed by atoms with van der Waals surface area (Å²) < 4.78 is 0. The molecule has 0 amide bonds. The van der Waals surface area contributed by atoms with Crippen molar-refractivity contribution in [3.8, 4) is 11.4 Å². The van der Waals surface area contributed by atoms with E-state index in [2.05, 4.69) is 25.4 Å². The van der Waals surface area contributed by atoms with Crippen LogP contribution in [0.25, 0.3) is 11.4 Å². The van der Waals surface area contributed by atoms with Crippen molar-refractivity contribution in [1.82, 2.24) is 30.2 Å². The Morgan fingerprint density at radius 1 is 1.24 bits per heavy atom. The largest absolute Gasteiger partial charge is 0.478 e. The average molecular weight is 282 g/mol. The zero-order valence-electron chi connectivity index (χ0n) is 10.8. The van der Waals surface area contributed by atoms with Gasteiger partial charge in [-0.3, -0.25) is 0 Å². The molecule has 0 fully saturated rings. The number of tetrazole rings is 1. The fraction of sp³-hybridized carbons (Fsp3) is 0.0769. The fourth-order valence-electron chi connectivity index (χ4n) is 1.81. The number of carbonyl (C=O) groups is 1. The molecule has 0 radical (unpaired) electrons. The Morgan fingerprint density at radius 2 is 2.05 bits per heavy atom. The van der Waals surface area contributed by atoms with Crippen LogP contribution in [-0.4, -0.2) is 41.3 Å². The van der Waals surface area contributed by atoms with Crippen molar-refractivity contribution < 1.29 is 9.90 Å². The molecule has 1 N–H and O–H groups in total. The summed E-state index contributed by atoms with van der Waals surface area (Å²) in [5.74, 6) is -0.615. The van der Waals surface area contributed by atoms with Crippen LogP contribution in [0.4, 0.5) is 0 Å². The highest BCUT2D eigenvalue weighted by atomic mass is 16.4. The Hall–Kier alpha value is -3.16. The number of carboxylic acids is 1. The smallest absolute Gasteiger partial charge is 0.339 e. The van der Waals surface area contributed by atoms with Gasteiger partial charge in [-0.15, -0.1) is 10.2 Å². The molecular weight excluding hydrogens is 272 g/mol. The van der Waals surface area contributed by atoms with E-state index in [9.17, 15) is 4.79 Å². The third-order valence-electron chi connectivity index (χ3n) is 2.80. The summed E-state index contributed by atoms with van der Waals surface area (Å²) in [6.45, 7) is 0.115. The first kappa shape index (κ1) is 12.9. The van der Waals surface area contributed by atoms with Gasteiger partial charge in [-0.25, -0.2) is 14.8 Å². The molecule has 2 heterocycles. The highest BCUT2D eigenvalue weighted by Gasteiger charge is 2.13. The van der Waals surface area contributed by atoms with Crippen LogP contribution >= 0.6 is 0 Å². The first-order valence-electron chi connectivity index (χ1n) is 6.09. The van der Waals surface area contributed by atoms with Gasteiger partial charge in [0.1, 0.15) is 18.4 Å². The molecule has 3 rings (SSSR count). The van der Waals surface area contributed by atoms with E-state index in [4.69, 9.17) is 5.11 Å². The van der Waals surface area contributed by atoms with Crippen LogP contribution in [0.3, 0.4) is 0 Å². The minimum Gasteiger partial charge on any atom is -0.478 e. The van der Waals surface area contributed by atoms with Crippen LogP contribution in [0.15, 0.2) is 42.9 Å². The van der Waals surface area contributed by atoms with Crippen molar-refractivity contribution in [2.45, 2.75) is 6.54 Å². The SMILES string of the molecule is O=C(O)c1cncnc1Cn1nnc(-c2ccccc2)n1. The molecule has 104 valence electrons. The van der Waals surface area contributed by atoms with Gasteiger partial charge in [0, 0.05) is 11.8 Å². The number of aromatic carboxylic acids is 1. The average Bonchev–Trinajstić information content (AvgIpc) is 2.97. The Kier molecular flexibility index (Phi) is 3.34. The lowest BCUT2D eigenvalue weighted by Gasteiger charge is -2.02. The van der Waals surface area contributed by atoms with Crippen molar-refractivity contribution in [3.63, 3.8) is 0 Å². The van der Waals surface area contributed by atoms with E-state index in [1.54, 1.807) is 0 Å². The van der Waals surface area contributed by atoms with Gasteiger partial charge in [-0.2, -0.15) is 4.80 Å². The first-order chi connectivity index (χ1) is 10.2. The van der Waals surface area contributed by atoms with Gasteiger partial charge >= 0.3 is 5.97 Å². The summed E-state index contributed by atoms with van der Waals surface area (Å²) in [6.07, 6.45) is 2.54. The summed E-state index contributed by atoms with van der Waals surface area (Å²) in [5.41, 5.74) is 1.19. The second-order valence-electron chi connectivity index (χ2n) is 4.20. The van der Waals surface area contributed by atoms with E-state index in [1.807, 2.05) is 30.3 Å². The summed E-state index contributed by atoms with van der Waals surface area (Å²) in [6, 6.07) is 9.39. The van der Waals surface area contributed by atoms with Gasteiger partial charge in [0.15, 0.2) is 0 Å². The number of nitrogens with zero attached hydrogens (tertiary/aromatic N) is 6. The lowest BCUT2D eigenvalue weighted by atomic mass is 10.2. The van der Waals surface area contributed by atoms with E-state index in [1.165, 1.54) is 17.3 Å². The van der Waals surface area contributed by atoms with E-state index in [0.717, 1.165) is 5.56 Å². The number of rotatable bonds is 4. The number of carboxylic acid groups (broad SMARTS) is 1. The van der Waals surface area contributed by atoms with Gasteiger partial charge < -0.3 is 5.11 Å². The summed E-state index contributed by atoms with van der Waals surface area (Å²) in [7, 11) is 0. The lowest BCUT2D eigenvalue weighted by molar-refractivity contribution is 0.0694. The molecule has 0 unspecified atom stereocenters. The molecule has 3 aromatic rings. The molecule has 0 saturated heterocycles. The zero-order valence-corrected chi connectivity index (χ0v) is 10.8. The number of benzene rings is 1. The van der Waals surface area contributed by atoms with Crippen molar-refractivity contribution in [3.05, 3.63) is 54.1 Å². The van der Waals surface area contributed by atoms with Gasteiger partial charge in [-0.1, -0.05) is 30.3 Å². The summed E-state index contributed by atoms with van der Waals surface area (Å²) >= 11 is 0. The third kappa shape index (κ3) is 2.73. The van der Waals surface area contributed by atoms with E-state index in [0.29, 0.717) is 11.5 Å². The van der Waals surface area contributed by atoms with Gasteiger partial charge in [0.05, 0.1) is 5.69 Å². The highest BCUT2D eigenvalue weighted by Crippen LogP contribution is 2.12. The maximum absolute atomic E-state index is 11.1. The van der Waals surface area contributed by atoms with Crippen LogP contribution in [0.2, 0.25) is 0 Å². The molecule has 0 spiro atoms. The number of aromatic nitrogens is 6. The number of hydrogen-bond donors (Lipinski definition) is 1. The molecule has 8 nitrogen and oxygen atoms in total. The standard InChI is InChI=1S/C13H10N6O2/c20-13(21)10-6-14-8-15-11(10)7-19-17-12(16-18-19)9-4-2-1-3-5-9/h1-6,8H,7H2,(H,20,21). The first-order valence-corrected chi connectivity index (χ1v) is 6.09. The Labute approximate surface area is 119 Å². The second kappa shape index (κ2) is 5.45. The Bertz CT molecular complexity index is 771. The normalized spacial score (nSPS) is 10.5. The third-order valence-corrected chi connectivity index (χ3v) is 2.80. The van der Waals surface area contributed by atoms with E-state index < -0.39 is 5.97 Å². The molecule has 0 aliphatic rings. The second-order valence-corrected chi connectivity index (χ2v) is 4.20. The van der Waals surface area contributed by atoms with Crippen LogP contribution < -0.4 is 0 Å². The van der Waals surface area contributed by atoms with Gasteiger partial charge in [-0.05, 0) is 5.21 Å². The Balaban J connectivity index is 1.87. The highest BCUT2D eigenvalue weighted by molar-refractivity contribution is 5.88. The Morgan fingerprint density at radius 3 is 2.81 bits per heavy atom.